The highest BCUT2D eigenvalue weighted by atomic mass is 19.1. The van der Waals surface area contributed by atoms with Crippen LogP contribution >= 0.6 is 0 Å². The molecule has 53 heavy (non-hydrogen) atoms. The van der Waals surface area contributed by atoms with Crippen LogP contribution in [-0.4, -0.2) is 39.0 Å². The van der Waals surface area contributed by atoms with Crippen LogP contribution in [0.4, 0.5) is 4.39 Å². The molecule has 0 spiro atoms. The highest BCUT2D eigenvalue weighted by Crippen LogP contribution is 2.30. The first-order valence-electron chi connectivity index (χ1n) is 17.2. The van der Waals surface area contributed by atoms with Crippen molar-refractivity contribution >= 4 is 21.8 Å². The largest absolute Gasteiger partial charge is 0.296 e. The summed E-state index contributed by atoms with van der Waals surface area (Å²) in [5.74, 6) is 13.3. The van der Waals surface area contributed by atoms with Crippen molar-refractivity contribution < 1.29 is 4.39 Å². The zero-order valence-electron chi connectivity index (χ0n) is 29.8. The van der Waals surface area contributed by atoms with Crippen molar-refractivity contribution in [2.24, 2.45) is 10.8 Å². The zero-order valence-corrected chi connectivity index (χ0v) is 29.8. The fraction of sp³-hybridized carbons (Fsp3) is 0.333. The molecule has 2 aliphatic heterocycles. The minimum absolute atomic E-state index is 0. The number of rotatable bonds is 0. The first-order valence-corrected chi connectivity index (χ1v) is 17.2. The summed E-state index contributed by atoms with van der Waals surface area (Å²) < 4.78 is 16.7. The third-order valence-corrected chi connectivity index (χ3v) is 9.33. The zero-order chi connectivity index (χ0) is 36.6. The molecule has 0 unspecified atom stereocenters. The topological polar surface area (TPSA) is 121 Å². The molecule has 6 aromatic rings. The van der Waals surface area contributed by atoms with E-state index in [0.29, 0.717) is 39.7 Å². The third-order valence-electron chi connectivity index (χ3n) is 9.33. The molecule has 0 amide bonds. The summed E-state index contributed by atoms with van der Waals surface area (Å²) in [7, 11) is 0. The number of benzene rings is 2. The molecule has 8 rings (SSSR count). The quantitative estimate of drug-likeness (QED) is 0.135. The lowest BCUT2D eigenvalue weighted by Crippen LogP contribution is -2.36. The van der Waals surface area contributed by atoms with Crippen molar-refractivity contribution in [2.75, 3.05) is 0 Å². The monoisotopic (exact) mass is 708 g/mol. The molecule has 268 valence electrons. The second kappa shape index (κ2) is 14.5. The Bertz CT molecular complexity index is 2620. The van der Waals surface area contributed by atoms with Crippen molar-refractivity contribution in [3.05, 3.63) is 128 Å². The maximum absolute atomic E-state index is 13.1. The second-order valence-corrected chi connectivity index (χ2v) is 14.9. The Kier molecular flexibility index (Phi) is 10.1. The van der Waals surface area contributed by atoms with Gasteiger partial charge in [-0.2, -0.15) is 9.37 Å². The molecule has 0 fully saturated rings. The van der Waals surface area contributed by atoms with E-state index in [1.165, 1.54) is 12.3 Å². The maximum Gasteiger partial charge on any atom is 0.261 e. The summed E-state index contributed by atoms with van der Waals surface area (Å²) in [4.78, 5) is 51.0. The van der Waals surface area contributed by atoms with Gasteiger partial charge < -0.3 is 0 Å². The number of hydrogen-bond acceptors (Lipinski definition) is 8. The van der Waals surface area contributed by atoms with Crippen molar-refractivity contribution in [3.63, 3.8) is 0 Å². The van der Waals surface area contributed by atoms with E-state index in [1.54, 1.807) is 35.2 Å². The fourth-order valence-electron chi connectivity index (χ4n) is 6.42. The number of hydrogen-bond donors (Lipinski definition) is 0. The molecule has 2 aromatic carbocycles. The Morgan fingerprint density at radius 1 is 0.660 bits per heavy atom. The van der Waals surface area contributed by atoms with Gasteiger partial charge in [-0.25, -0.2) is 24.9 Å². The van der Waals surface area contributed by atoms with E-state index >= 15 is 0 Å². The van der Waals surface area contributed by atoms with Gasteiger partial charge in [0.1, 0.15) is 11.6 Å². The van der Waals surface area contributed by atoms with E-state index < -0.39 is 5.95 Å². The summed E-state index contributed by atoms with van der Waals surface area (Å²) in [6, 6.07) is 12.0. The van der Waals surface area contributed by atoms with E-state index in [2.05, 4.69) is 76.3 Å². The molecule has 0 radical (unpaired) electrons. The molecule has 0 atom stereocenters. The van der Waals surface area contributed by atoms with Gasteiger partial charge in [0.15, 0.2) is 0 Å². The minimum Gasteiger partial charge on any atom is -0.296 e. The number of fused-ring (bicyclic) bond motifs is 4. The molecule has 0 bridgehead atoms. The first-order chi connectivity index (χ1) is 24.8. The molecular weight excluding hydrogens is 668 g/mol. The van der Waals surface area contributed by atoms with Gasteiger partial charge in [0.25, 0.3) is 11.1 Å². The second-order valence-electron chi connectivity index (χ2n) is 14.9. The van der Waals surface area contributed by atoms with Crippen LogP contribution in [0, 0.1) is 47.4 Å². The van der Waals surface area contributed by atoms with E-state index in [-0.39, 0.29) is 35.2 Å². The van der Waals surface area contributed by atoms with Crippen LogP contribution in [0.5, 0.6) is 0 Å². The Labute approximate surface area is 307 Å². The Morgan fingerprint density at radius 2 is 1.15 bits per heavy atom. The highest BCUT2D eigenvalue weighted by Gasteiger charge is 2.28. The predicted octanol–water partition coefficient (Wildman–Crippen LogP) is 6.20. The van der Waals surface area contributed by atoms with Gasteiger partial charge in [-0.15, -0.1) is 0 Å². The summed E-state index contributed by atoms with van der Waals surface area (Å²) in [5.41, 5.74) is 4.08. The molecule has 0 aliphatic carbocycles. The van der Waals surface area contributed by atoms with Crippen molar-refractivity contribution in [2.45, 2.75) is 80.8 Å². The predicted molar refractivity (Wildman–Crippen MR) is 204 cm³/mol. The Hall–Kier alpha value is -6.07. The van der Waals surface area contributed by atoms with Crippen molar-refractivity contribution in [1.29, 1.82) is 0 Å². The highest BCUT2D eigenvalue weighted by molar-refractivity contribution is 5.80. The van der Waals surface area contributed by atoms with E-state index in [9.17, 15) is 14.0 Å². The molecule has 6 heterocycles. The van der Waals surface area contributed by atoms with Crippen LogP contribution in [-0.2, 0) is 25.9 Å². The van der Waals surface area contributed by atoms with Crippen molar-refractivity contribution in [1.82, 2.24) is 39.0 Å². The van der Waals surface area contributed by atoms with Gasteiger partial charge in [-0.05, 0) is 84.4 Å². The standard InChI is InChI=1S/C21H20N4O.C20H17FN4O.CH4/c1-14-11-22-18(23-12-14)7-5-15-4-6-16-17(10-15)24-19-8-9-21(2,3)13-25(19)20(16)26;1-20(2)9-7-18-23-15-11-13(3-5-14(15)19(26)25(18)12-20)4-6-17-22-10-8-16(21)24-17;/h4,6,10-12H,8-9,13H2,1-3H3;3,5,8,10-11H,7,9,12H2,1-2H3;1H4. The van der Waals surface area contributed by atoms with Crippen molar-refractivity contribution in [3.8, 4) is 23.7 Å². The molecule has 11 heteroatoms. The normalized spacial score (nSPS) is 14.9. The van der Waals surface area contributed by atoms with Crippen LogP contribution in [0.3, 0.4) is 0 Å². The summed E-state index contributed by atoms with van der Waals surface area (Å²) in [6.07, 6.45) is 8.46. The lowest BCUT2D eigenvalue weighted by atomic mass is 9.85. The number of halogens is 1. The van der Waals surface area contributed by atoms with Crippen LogP contribution < -0.4 is 11.1 Å². The van der Waals surface area contributed by atoms with Crippen LogP contribution in [0.1, 0.15) is 88.0 Å². The molecule has 0 N–H and O–H groups in total. The number of aromatic nitrogens is 8. The minimum atomic E-state index is -0.618. The molecule has 0 saturated carbocycles. The molecule has 0 saturated heterocycles. The van der Waals surface area contributed by atoms with Gasteiger partial charge in [0, 0.05) is 61.7 Å². The summed E-state index contributed by atoms with van der Waals surface area (Å²) >= 11 is 0. The van der Waals surface area contributed by atoms with Gasteiger partial charge in [0.05, 0.1) is 21.8 Å². The van der Waals surface area contributed by atoms with Crippen LogP contribution in [0.2, 0.25) is 0 Å². The van der Waals surface area contributed by atoms with E-state index in [4.69, 9.17) is 4.98 Å². The Balaban J connectivity index is 0.000000178. The molecule has 4 aromatic heterocycles. The number of nitrogens with zero attached hydrogens (tertiary/aromatic N) is 8. The van der Waals surface area contributed by atoms with Crippen LogP contribution in [0.15, 0.2) is 70.6 Å². The number of aryl methyl sites for hydroxylation is 3. The lowest BCUT2D eigenvalue weighted by Gasteiger charge is -2.31. The molecular formula is C42H41FN8O2. The summed E-state index contributed by atoms with van der Waals surface area (Å²) in [6.45, 7) is 12.1. The molecule has 2 aliphatic rings. The Morgan fingerprint density at radius 3 is 1.64 bits per heavy atom. The average Bonchev–Trinajstić information content (AvgIpc) is 3.11. The smallest absolute Gasteiger partial charge is 0.261 e. The SMILES string of the molecule is C.CC1(C)CCc2nc3cc(C#Cc4nccc(F)n4)ccc3c(=O)n2C1.Cc1cnc(C#Cc2ccc3c(=O)n4c(nc3c2)CCC(C)(C)C4)nc1. The van der Waals surface area contributed by atoms with Gasteiger partial charge in [-0.3, -0.25) is 18.7 Å². The summed E-state index contributed by atoms with van der Waals surface area (Å²) in [5, 5.41) is 1.22. The van der Waals surface area contributed by atoms with Gasteiger partial charge in [-0.1, -0.05) is 47.0 Å². The van der Waals surface area contributed by atoms with Gasteiger partial charge in [0.2, 0.25) is 17.6 Å². The lowest BCUT2D eigenvalue weighted by molar-refractivity contribution is 0.240. The van der Waals surface area contributed by atoms with E-state index in [1.807, 2.05) is 29.7 Å². The first kappa shape index (κ1) is 36.7. The fourth-order valence-corrected chi connectivity index (χ4v) is 6.42. The van der Waals surface area contributed by atoms with E-state index in [0.717, 1.165) is 55.0 Å². The van der Waals surface area contributed by atoms with Gasteiger partial charge >= 0.3 is 0 Å². The van der Waals surface area contributed by atoms with Crippen LogP contribution in [0.25, 0.3) is 21.8 Å². The average molecular weight is 709 g/mol. The third kappa shape index (κ3) is 8.21. The molecule has 10 nitrogen and oxygen atoms in total. The maximum atomic E-state index is 13.1.